The number of nitrogens with one attached hydrogen (secondary N) is 2. The Morgan fingerprint density at radius 2 is 1.82 bits per heavy atom. The molecule has 2 aliphatic rings. The second kappa shape index (κ2) is 13.5. The number of carbonyl (C=O) groups excluding carboxylic acids is 1. The molecule has 2 aromatic rings. The fraction of sp³-hybridized carbons (Fsp3) is 0.607. The molecule has 0 spiro atoms. The number of benzene rings is 1. The van der Waals surface area contributed by atoms with Crippen molar-refractivity contribution in [1.82, 2.24) is 15.3 Å². The van der Waals surface area contributed by atoms with Crippen LogP contribution in [0.1, 0.15) is 52.7 Å². The van der Waals surface area contributed by atoms with Crippen LogP contribution in [0.25, 0.3) is 0 Å². The average Bonchev–Trinajstić information content (AvgIpc) is 3.39. The average molecular weight is 527 g/mol. The molecule has 4 rings (SSSR count). The van der Waals surface area contributed by atoms with Crippen molar-refractivity contribution in [3.8, 4) is 11.5 Å². The number of fused-ring (bicyclic) bond motifs is 1. The third-order valence-corrected chi connectivity index (χ3v) is 6.74. The number of aromatic nitrogens is 2. The standard InChI is InChI=1S/C28H42N6O4/c1-5-7-8-21-16-26(31-23(15-20(3)4)27(35)29-18-36-6-2)32-28(30-21)34-13-11-33(12-14-34)22-9-10-24-25(17-22)38-19-37-24/h9-10,16-17,20,23H,5-8,11-15,18-19H2,1-4H3,(H,29,35)(H,30,31,32)/t23-/m0/s1. The van der Waals surface area contributed by atoms with Gasteiger partial charge in [0.15, 0.2) is 11.5 Å². The Labute approximate surface area is 226 Å². The minimum absolute atomic E-state index is 0.0836. The van der Waals surface area contributed by atoms with Crippen molar-refractivity contribution in [2.24, 2.45) is 5.92 Å². The Bertz CT molecular complexity index is 1060. The largest absolute Gasteiger partial charge is 0.454 e. The summed E-state index contributed by atoms with van der Waals surface area (Å²) in [6.07, 6.45) is 3.71. The number of hydrogen-bond acceptors (Lipinski definition) is 9. The van der Waals surface area contributed by atoms with Gasteiger partial charge in [0.1, 0.15) is 18.6 Å². The minimum atomic E-state index is -0.403. The van der Waals surface area contributed by atoms with Crippen molar-refractivity contribution in [1.29, 1.82) is 0 Å². The molecule has 1 fully saturated rings. The van der Waals surface area contributed by atoms with Gasteiger partial charge in [-0.3, -0.25) is 4.79 Å². The van der Waals surface area contributed by atoms with Crippen molar-refractivity contribution < 1.29 is 19.0 Å². The van der Waals surface area contributed by atoms with E-state index in [1.807, 2.05) is 25.1 Å². The zero-order valence-electron chi connectivity index (χ0n) is 23.2. The van der Waals surface area contributed by atoms with Crippen molar-refractivity contribution in [2.45, 2.75) is 59.4 Å². The first kappa shape index (κ1) is 27.8. The number of piperazine rings is 1. The fourth-order valence-electron chi connectivity index (χ4n) is 4.66. The summed E-state index contributed by atoms with van der Waals surface area (Å²) in [4.78, 5) is 27.3. The van der Waals surface area contributed by atoms with Gasteiger partial charge >= 0.3 is 0 Å². The SMILES string of the molecule is CCCCc1cc(N[C@@H](CC(C)C)C(=O)NCOCC)nc(N2CCN(c3ccc4c(c3)OCO4)CC2)n1. The highest BCUT2D eigenvalue weighted by Gasteiger charge is 2.24. The van der Waals surface area contributed by atoms with E-state index in [2.05, 4.69) is 47.3 Å². The topological polar surface area (TPSA) is 101 Å². The maximum Gasteiger partial charge on any atom is 0.244 e. The number of anilines is 3. The van der Waals surface area contributed by atoms with Gasteiger partial charge in [-0.1, -0.05) is 27.2 Å². The molecule has 3 heterocycles. The first-order chi connectivity index (χ1) is 18.5. The molecule has 1 saturated heterocycles. The van der Waals surface area contributed by atoms with Crippen LogP contribution in [-0.4, -0.2) is 68.2 Å². The van der Waals surface area contributed by atoms with E-state index in [1.54, 1.807) is 0 Å². The number of unbranched alkanes of at least 4 members (excludes halogenated alkanes) is 1. The van der Waals surface area contributed by atoms with Crippen LogP contribution in [0.3, 0.4) is 0 Å². The van der Waals surface area contributed by atoms with Crippen LogP contribution in [0.5, 0.6) is 11.5 Å². The van der Waals surface area contributed by atoms with Crippen LogP contribution in [0, 0.1) is 5.92 Å². The van der Waals surface area contributed by atoms with Gasteiger partial charge in [-0.15, -0.1) is 0 Å². The van der Waals surface area contributed by atoms with Crippen molar-refractivity contribution in [3.63, 3.8) is 0 Å². The molecule has 1 amide bonds. The lowest BCUT2D eigenvalue weighted by Crippen LogP contribution is -2.47. The van der Waals surface area contributed by atoms with E-state index in [1.165, 1.54) is 0 Å². The smallest absolute Gasteiger partial charge is 0.244 e. The molecule has 0 unspecified atom stereocenters. The second-order valence-electron chi connectivity index (χ2n) is 10.2. The Kier molecular flexibility index (Phi) is 9.86. The van der Waals surface area contributed by atoms with Crippen molar-refractivity contribution >= 4 is 23.4 Å². The molecule has 10 nitrogen and oxygen atoms in total. The van der Waals surface area contributed by atoms with E-state index in [0.29, 0.717) is 30.7 Å². The molecule has 1 aromatic heterocycles. The summed E-state index contributed by atoms with van der Waals surface area (Å²) in [6.45, 7) is 12.7. The number of carbonyl (C=O) groups is 1. The lowest BCUT2D eigenvalue weighted by Gasteiger charge is -2.36. The first-order valence-corrected chi connectivity index (χ1v) is 13.9. The van der Waals surface area contributed by atoms with E-state index in [4.69, 9.17) is 24.2 Å². The van der Waals surface area contributed by atoms with Crippen LogP contribution >= 0.6 is 0 Å². The Balaban J connectivity index is 1.47. The van der Waals surface area contributed by atoms with E-state index >= 15 is 0 Å². The zero-order chi connectivity index (χ0) is 26.9. The van der Waals surface area contributed by atoms with Crippen LogP contribution in [0.15, 0.2) is 24.3 Å². The Morgan fingerprint density at radius 3 is 2.55 bits per heavy atom. The van der Waals surface area contributed by atoms with Crippen LogP contribution < -0.4 is 29.9 Å². The first-order valence-electron chi connectivity index (χ1n) is 13.9. The molecule has 0 aliphatic carbocycles. The third kappa shape index (κ3) is 7.40. The highest BCUT2D eigenvalue weighted by molar-refractivity contribution is 5.84. The maximum atomic E-state index is 12.9. The molecule has 0 saturated carbocycles. The molecule has 208 valence electrons. The molecular formula is C28H42N6O4. The van der Waals surface area contributed by atoms with Crippen LogP contribution in [0.4, 0.5) is 17.5 Å². The van der Waals surface area contributed by atoms with Gasteiger partial charge in [-0.05, 0) is 44.2 Å². The van der Waals surface area contributed by atoms with Gasteiger partial charge in [-0.2, -0.15) is 4.98 Å². The lowest BCUT2D eigenvalue weighted by molar-refractivity contribution is -0.123. The predicted molar refractivity (Wildman–Crippen MR) is 149 cm³/mol. The van der Waals surface area contributed by atoms with Gasteiger partial charge in [0.25, 0.3) is 0 Å². The lowest BCUT2D eigenvalue weighted by atomic mass is 10.0. The highest BCUT2D eigenvalue weighted by Crippen LogP contribution is 2.35. The van der Waals surface area contributed by atoms with E-state index in [0.717, 1.165) is 68.3 Å². The maximum absolute atomic E-state index is 12.9. The highest BCUT2D eigenvalue weighted by atomic mass is 16.7. The summed E-state index contributed by atoms with van der Waals surface area (Å²) in [5.41, 5.74) is 2.12. The van der Waals surface area contributed by atoms with Gasteiger partial charge in [0.2, 0.25) is 18.6 Å². The number of rotatable bonds is 13. The zero-order valence-corrected chi connectivity index (χ0v) is 23.2. The third-order valence-electron chi connectivity index (χ3n) is 6.74. The van der Waals surface area contributed by atoms with E-state index < -0.39 is 6.04 Å². The summed E-state index contributed by atoms with van der Waals surface area (Å²) < 4.78 is 16.3. The van der Waals surface area contributed by atoms with E-state index in [9.17, 15) is 4.79 Å². The molecule has 10 heteroatoms. The number of nitrogens with zero attached hydrogens (tertiary/aromatic N) is 4. The molecular weight excluding hydrogens is 484 g/mol. The molecule has 0 bridgehead atoms. The van der Waals surface area contributed by atoms with Crippen LogP contribution in [0.2, 0.25) is 0 Å². The van der Waals surface area contributed by atoms with Crippen LogP contribution in [-0.2, 0) is 16.0 Å². The molecule has 1 aromatic carbocycles. The number of ether oxygens (including phenoxy) is 3. The van der Waals surface area contributed by atoms with Gasteiger partial charge in [-0.25, -0.2) is 4.98 Å². The molecule has 0 radical (unpaired) electrons. The van der Waals surface area contributed by atoms with Gasteiger partial charge in [0.05, 0.1) is 0 Å². The number of aryl methyl sites for hydroxylation is 1. The second-order valence-corrected chi connectivity index (χ2v) is 10.2. The molecule has 38 heavy (non-hydrogen) atoms. The summed E-state index contributed by atoms with van der Waals surface area (Å²) in [5, 5.41) is 6.28. The minimum Gasteiger partial charge on any atom is -0.454 e. The monoisotopic (exact) mass is 526 g/mol. The number of hydrogen-bond donors (Lipinski definition) is 2. The summed E-state index contributed by atoms with van der Waals surface area (Å²) in [7, 11) is 0. The molecule has 2 aliphatic heterocycles. The Hall–Kier alpha value is -3.27. The van der Waals surface area contributed by atoms with Gasteiger partial charge < -0.3 is 34.6 Å². The molecule has 2 N–H and O–H groups in total. The van der Waals surface area contributed by atoms with Gasteiger partial charge in [0, 0.05) is 56.3 Å². The quantitative estimate of drug-likeness (QED) is 0.298. The van der Waals surface area contributed by atoms with E-state index in [-0.39, 0.29) is 19.4 Å². The number of amides is 1. The Morgan fingerprint density at radius 1 is 1.05 bits per heavy atom. The summed E-state index contributed by atoms with van der Waals surface area (Å²) in [5.74, 6) is 3.26. The normalized spacial score (nSPS) is 15.6. The predicted octanol–water partition coefficient (Wildman–Crippen LogP) is 3.81. The van der Waals surface area contributed by atoms with Crippen molar-refractivity contribution in [3.05, 3.63) is 30.0 Å². The summed E-state index contributed by atoms with van der Waals surface area (Å²) in [6, 6.07) is 7.69. The summed E-state index contributed by atoms with van der Waals surface area (Å²) >= 11 is 0. The fourth-order valence-corrected chi connectivity index (χ4v) is 4.66. The van der Waals surface area contributed by atoms with Crippen molar-refractivity contribution in [2.75, 3.05) is 61.4 Å². The molecule has 1 atom stereocenters.